The first-order valence-corrected chi connectivity index (χ1v) is 6.98. The van der Waals surface area contributed by atoms with Crippen molar-refractivity contribution in [3.8, 4) is 0 Å². The van der Waals surface area contributed by atoms with Crippen molar-refractivity contribution in [2.45, 2.75) is 25.2 Å². The molecule has 1 heterocycles. The number of nitrogens with zero attached hydrogens (tertiary/aromatic N) is 1. The average Bonchev–Trinajstić information content (AvgIpc) is 2.40. The van der Waals surface area contributed by atoms with Crippen LogP contribution in [0.4, 0.5) is 5.69 Å². The first-order valence-electron chi connectivity index (χ1n) is 6.60. The van der Waals surface area contributed by atoms with E-state index in [0.717, 1.165) is 18.8 Å². The highest BCUT2D eigenvalue weighted by Gasteiger charge is 2.20. The van der Waals surface area contributed by atoms with Crippen LogP contribution in [0.5, 0.6) is 0 Å². The largest absolute Gasteiger partial charge is 0.481 e. The lowest BCUT2D eigenvalue weighted by Crippen LogP contribution is -2.29. The van der Waals surface area contributed by atoms with E-state index in [-0.39, 0.29) is 6.54 Å². The summed E-state index contributed by atoms with van der Waals surface area (Å²) in [4.78, 5) is 13.4. The Morgan fingerprint density at radius 2 is 2.05 bits per heavy atom. The van der Waals surface area contributed by atoms with Gasteiger partial charge in [-0.05, 0) is 37.0 Å². The molecular formula is C14H19ClN2O2. The van der Waals surface area contributed by atoms with Crippen molar-refractivity contribution in [2.75, 3.05) is 24.5 Å². The van der Waals surface area contributed by atoms with Gasteiger partial charge in [-0.1, -0.05) is 17.7 Å². The predicted molar refractivity (Wildman–Crippen MR) is 76.9 cm³/mol. The van der Waals surface area contributed by atoms with Gasteiger partial charge in [0.15, 0.2) is 0 Å². The lowest BCUT2D eigenvalue weighted by molar-refractivity contribution is -0.138. The van der Waals surface area contributed by atoms with Crippen molar-refractivity contribution < 1.29 is 9.90 Å². The number of piperidine rings is 1. The summed E-state index contributed by atoms with van der Waals surface area (Å²) in [5, 5.41) is 9.71. The zero-order chi connectivity index (χ0) is 13.8. The molecule has 1 aliphatic rings. The smallest absolute Gasteiger partial charge is 0.312 e. The average molecular weight is 283 g/mol. The van der Waals surface area contributed by atoms with Crippen molar-refractivity contribution in [3.63, 3.8) is 0 Å². The number of carbonyl (C=O) groups is 1. The molecule has 3 N–H and O–H groups in total. The van der Waals surface area contributed by atoms with Crippen LogP contribution in [0.2, 0.25) is 5.02 Å². The highest BCUT2D eigenvalue weighted by atomic mass is 35.5. The van der Waals surface area contributed by atoms with Crippen LogP contribution in [0, 0.1) is 0 Å². The molecule has 5 heteroatoms. The molecule has 0 aliphatic carbocycles. The standard InChI is InChI=1S/C14H19ClN2O2/c15-12-8-10(11(9-16)14(18)19)4-5-13(12)17-6-2-1-3-7-17/h4-5,8,11H,1-3,6-7,9,16H2,(H,18,19). The topological polar surface area (TPSA) is 66.6 Å². The zero-order valence-electron chi connectivity index (χ0n) is 10.8. The molecule has 0 amide bonds. The van der Waals surface area contributed by atoms with E-state index in [2.05, 4.69) is 4.90 Å². The molecule has 4 nitrogen and oxygen atoms in total. The van der Waals surface area contributed by atoms with Crippen LogP contribution in [0.15, 0.2) is 18.2 Å². The highest BCUT2D eigenvalue weighted by molar-refractivity contribution is 6.33. The van der Waals surface area contributed by atoms with Crippen molar-refractivity contribution in [1.82, 2.24) is 0 Å². The van der Waals surface area contributed by atoms with Crippen molar-refractivity contribution in [2.24, 2.45) is 5.73 Å². The molecule has 1 aliphatic heterocycles. The number of hydrogen-bond donors (Lipinski definition) is 2. The molecule has 2 rings (SSSR count). The summed E-state index contributed by atoms with van der Waals surface area (Å²) >= 11 is 6.29. The lowest BCUT2D eigenvalue weighted by atomic mass is 9.98. The van der Waals surface area contributed by atoms with E-state index < -0.39 is 11.9 Å². The van der Waals surface area contributed by atoms with Gasteiger partial charge in [0.2, 0.25) is 0 Å². The molecule has 104 valence electrons. The number of carboxylic acids is 1. The maximum atomic E-state index is 11.1. The first kappa shape index (κ1) is 14.2. The third-order valence-electron chi connectivity index (χ3n) is 3.60. The van der Waals surface area contributed by atoms with Crippen LogP contribution in [-0.4, -0.2) is 30.7 Å². The molecule has 19 heavy (non-hydrogen) atoms. The molecule has 1 unspecified atom stereocenters. The van der Waals surface area contributed by atoms with Crippen LogP contribution in [0.3, 0.4) is 0 Å². The molecule has 1 aromatic carbocycles. The molecule has 1 fully saturated rings. The predicted octanol–water partition coefficient (Wildman–Crippen LogP) is 2.46. The van der Waals surface area contributed by atoms with Gasteiger partial charge >= 0.3 is 5.97 Å². The van der Waals surface area contributed by atoms with Crippen LogP contribution < -0.4 is 10.6 Å². The second kappa shape index (κ2) is 6.26. The van der Waals surface area contributed by atoms with Gasteiger partial charge in [-0.3, -0.25) is 4.79 Å². The SMILES string of the molecule is NCC(C(=O)O)c1ccc(N2CCCCC2)c(Cl)c1. The number of nitrogens with two attached hydrogens (primary N) is 1. The Balaban J connectivity index is 2.23. The Kier molecular flexibility index (Phi) is 4.66. The molecule has 0 radical (unpaired) electrons. The van der Waals surface area contributed by atoms with Crippen molar-refractivity contribution in [3.05, 3.63) is 28.8 Å². The molecule has 0 bridgehead atoms. The maximum Gasteiger partial charge on any atom is 0.312 e. The monoisotopic (exact) mass is 282 g/mol. The van der Waals surface area contributed by atoms with Crippen LogP contribution in [0.1, 0.15) is 30.7 Å². The summed E-state index contributed by atoms with van der Waals surface area (Å²) in [7, 11) is 0. The van der Waals surface area contributed by atoms with E-state index in [1.807, 2.05) is 12.1 Å². The third-order valence-corrected chi connectivity index (χ3v) is 3.91. The van der Waals surface area contributed by atoms with E-state index in [1.165, 1.54) is 19.3 Å². The third kappa shape index (κ3) is 3.19. The van der Waals surface area contributed by atoms with E-state index in [1.54, 1.807) is 6.07 Å². The Morgan fingerprint density at radius 3 is 2.58 bits per heavy atom. The number of benzene rings is 1. The Labute approximate surface area is 118 Å². The molecule has 0 saturated carbocycles. The van der Waals surface area contributed by atoms with Crippen molar-refractivity contribution >= 4 is 23.3 Å². The Morgan fingerprint density at radius 1 is 1.37 bits per heavy atom. The first-order chi connectivity index (χ1) is 9.13. The summed E-state index contributed by atoms with van der Waals surface area (Å²) < 4.78 is 0. The number of carboxylic acid groups (broad SMARTS) is 1. The van der Waals surface area contributed by atoms with Gasteiger partial charge in [-0.2, -0.15) is 0 Å². The minimum absolute atomic E-state index is 0.0781. The second-order valence-corrected chi connectivity index (χ2v) is 5.29. The van der Waals surface area contributed by atoms with E-state index >= 15 is 0 Å². The molecule has 1 aromatic rings. The number of rotatable bonds is 4. The van der Waals surface area contributed by atoms with Gasteiger partial charge in [0, 0.05) is 19.6 Å². The van der Waals surface area contributed by atoms with E-state index in [9.17, 15) is 4.79 Å². The minimum Gasteiger partial charge on any atom is -0.481 e. The van der Waals surface area contributed by atoms with Gasteiger partial charge in [-0.15, -0.1) is 0 Å². The second-order valence-electron chi connectivity index (χ2n) is 4.89. The quantitative estimate of drug-likeness (QED) is 0.890. The van der Waals surface area contributed by atoms with Crippen molar-refractivity contribution in [1.29, 1.82) is 0 Å². The van der Waals surface area contributed by atoms with Gasteiger partial charge in [0.05, 0.1) is 16.6 Å². The number of hydrogen-bond acceptors (Lipinski definition) is 3. The highest BCUT2D eigenvalue weighted by Crippen LogP contribution is 2.31. The molecule has 0 spiro atoms. The minimum atomic E-state index is -0.913. The van der Waals surface area contributed by atoms with Crippen LogP contribution >= 0.6 is 11.6 Å². The van der Waals surface area contributed by atoms with Gasteiger partial charge in [-0.25, -0.2) is 0 Å². The summed E-state index contributed by atoms with van der Waals surface area (Å²) in [5.74, 6) is -1.60. The summed E-state index contributed by atoms with van der Waals surface area (Å²) in [6, 6.07) is 5.47. The van der Waals surface area contributed by atoms with E-state index in [4.69, 9.17) is 22.4 Å². The summed E-state index contributed by atoms with van der Waals surface area (Å²) in [6.45, 7) is 2.10. The fourth-order valence-electron chi connectivity index (χ4n) is 2.51. The molecule has 0 aromatic heterocycles. The zero-order valence-corrected chi connectivity index (χ0v) is 11.6. The van der Waals surface area contributed by atoms with Gasteiger partial charge in [0.1, 0.15) is 0 Å². The molecule has 1 saturated heterocycles. The van der Waals surface area contributed by atoms with Crippen LogP contribution in [-0.2, 0) is 4.79 Å². The molecular weight excluding hydrogens is 264 g/mol. The number of halogens is 1. The fourth-order valence-corrected chi connectivity index (χ4v) is 2.82. The number of aliphatic carboxylic acids is 1. The van der Waals surface area contributed by atoms with E-state index in [0.29, 0.717) is 10.6 Å². The van der Waals surface area contributed by atoms with Gasteiger partial charge < -0.3 is 15.7 Å². The summed E-state index contributed by atoms with van der Waals surface area (Å²) in [5.41, 5.74) is 7.16. The number of anilines is 1. The van der Waals surface area contributed by atoms with Crippen LogP contribution in [0.25, 0.3) is 0 Å². The van der Waals surface area contributed by atoms with Gasteiger partial charge in [0.25, 0.3) is 0 Å². The Bertz CT molecular complexity index is 459. The summed E-state index contributed by atoms with van der Waals surface area (Å²) in [6.07, 6.45) is 3.62. The lowest BCUT2D eigenvalue weighted by Gasteiger charge is -2.30. The fraction of sp³-hybridized carbons (Fsp3) is 0.500. The Hall–Kier alpha value is -1.26. The normalized spacial score (nSPS) is 17.3. The maximum absolute atomic E-state index is 11.1. The molecule has 1 atom stereocenters.